The second kappa shape index (κ2) is 14.9. The lowest BCUT2D eigenvalue weighted by molar-refractivity contribution is -0.140. The molecule has 2 amide bonds. The van der Waals surface area contributed by atoms with Crippen molar-refractivity contribution in [1.82, 2.24) is 10.2 Å². The highest BCUT2D eigenvalue weighted by Gasteiger charge is 2.35. The summed E-state index contributed by atoms with van der Waals surface area (Å²) in [5, 5.41) is 2.95. The fraction of sp³-hybridized carbons (Fsp3) is 0.257. The minimum atomic E-state index is -4.43. The Bertz CT molecular complexity index is 1700. The van der Waals surface area contributed by atoms with Gasteiger partial charge in [-0.15, -0.1) is 0 Å². The zero-order valence-electron chi connectivity index (χ0n) is 25.5. The Labute approximate surface area is 263 Å². The summed E-state index contributed by atoms with van der Waals surface area (Å²) < 4.78 is 57.7. The first-order valence-corrected chi connectivity index (χ1v) is 16.2. The van der Waals surface area contributed by atoms with E-state index in [4.69, 9.17) is 0 Å². The molecule has 0 heterocycles. The zero-order valence-corrected chi connectivity index (χ0v) is 26.3. The standard InChI is InChI=1S/C35H37F2N3O4S/c1-4-26(3)38-35(42)33(22-27-10-6-5-7-11-27)39(23-28-16-18-29(36)19-17-28)34(41)24-40(32-13-9-8-12-31(32)37)45(43,44)30-20-14-25(2)15-21-30/h5-21,26,33H,4,22-24H2,1-3H3,(H,38,42). The van der Waals surface area contributed by atoms with Gasteiger partial charge in [-0.05, 0) is 67.8 Å². The summed E-state index contributed by atoms with van der Waals surface area (Å²) in [5.74, 6) is -2.47. The second-order valence-corrected chi connectivity index (χ2v) is 12.8. The third-order valence-electron chi connectivity index (χ3n) is 7.55. The quantitative estimate of drug-likeness (QED) is 0.195. The van der Waals surface area contributed by atoms with Crippen molar-refractivity contribution in [2.45, 2.75) is 57.1 Å². The highest BCUT2D eigenvalue weighted by Crippen LogP contribution is 2.27. The Morgan fingerprint density at radius 1 is 0.822 bits per heavy atom. The van der Waals surface area contributed by atoms with Crippen LogP contribution in [0.15, 0.2) is 108 Å². The Kier molecular flexibility index (Phi) is 11.1. The average molecular weight is 634 g/mol. The van der Waals surface area contributed by atoms with Crippen LogP contribution >= 0.6 is 0 Å². The van der Waals surface area contributed by atoms with Gasteiger partial charge in [0.05, 0.1) is 10.6 Å². The molecule has 45 heavy (non-hydrogen) atoms. The van der Waals surface area contributed by atoms with Crippen LogP contribution < -0.4 is 9.62 Å². The minimum Gasteiger partial charge on any atom is -0.352 e. The molecular formula is C35H37F2N3O4S. The summed E-state index contributed by atoms with van der Waals surface area (Å²) in [7, 11) is -4.43. The van der Waals surface area contributed by atoms with Gasteiger partial charge in [0.25, 0.3) is 10.0 Å². The van der Waals surface area contributed by atoms with Gasteiger partial charge in [0.15, 0.2) is 0 Å². The van der Waals surface area contributed by atoms with E-state index in [-0.39, 0.29) is 29.6 Å². The molecule has 0 saturated heterocycles. The number of benzene rings is 4. The number of hydrogen-bond donors (Lipinski definition) is 1. The van der Waals surface area contributed by atoms with Gasteiger partial charge < -0.3 is 10.2 Å². The van der Waals surface area contributed by atoms with Crippen LogP contribution in [0.2, 0.25) is 0 Å². The molecule has 0 aromatic heterocycles. The molecule has 0 spiro atoms. The summed E-state index contributed by atoms with van der Waals surface area (Å²) >= 11 is 0. The number of carbonyl (C=O) groups excluding carboxylic acids is 2. The Hall–Kier alpha value is -4.57. The number of amides is 2. The molecule has 4 aromatic carbocycles. The smallest absolute Gasteiger partial charge is 0.264 e. The van der Waals surface area contributed by atoms with Gasteiger partial charge in [-0.1, -0.05) is 79.2 Å². The number of para-hydroxylation sites is 1. The van der Waals surface area contributed by atoms with Gasteiger partial charge >= 0.3 is 0 Å². The van der Waals surface area contributed by atoms with Crippen LogP contribution in [0.5, 0.6) is 0 Å². The van der Waals surface area contributed by atoms with E-state index in [0.717, 1.165) is 21.5 Å². The lowest BCUT2D eigenvalue weighted by Gasteiger charge is -2.34. The predicted molar refractivity (Wildman–Crippen MR) is 171 cm³/mol. The van der Waals surface area contributed by atoms with Crippen molar-refractivity contribution in [2.24, 2.45) is 0 Å². The van der Waals surface area contributed by atoms with Crippen molar-refractivity contribution >= 4 is 27.5 Å². The van der Waals surface area contributed by atoms with E-state index in [0.29, 0.717) is 12.0 Å². The number of sulfonamides is 1. The Morgan fingerprint density at radius 2 is 1.44 bits per heavy atom. The molecule has 0 aliphatic rings. The van der Waals surface area contributed by atoms with E-state index >= 15 is 4.39 Å². The first-order valence-electron chi connectivity index (χ1n) is 14.7. The maximum absolute atomic E-state index is 15.2. The number of anilines is 1. The van der Waals surface area contributed by atoms with Crippen LogP contribution in [-0.4, -0.2) is 43.8 Å². The maximum atomic E-state index is 15.2. The van der Waals surface area contributed by atoms with E-state index in [2.05, 4.69) is 5.32 Å². The highest BCUT2D eigenvalue weighted by atomic mass is 32.2. The summed E-state index contributed by atoms with van der Waals surface area (Å²) in [4.78, 5) is 29.4. The van der Waals surface area contributed by atoms with Crippen LogP contribution in [0.4, 0.5) is 14.5 Å². The lowest BCUT2D eigenvalue weighted by atomic mass is 10.0. The molecule has 2 atom stereocenters. The van der Waals surface area contributed by atoms with Crippen molar-refractivity contribution in [3.63, 3.8) is 0 Å². The van der Waals surface area contributed by atoms with Crippen molar-refractivity contribution < 1.29 is 26.8 Å². The molecule has 0 saturated carbocycles. The van der Waals surface area contributed by atoms with Crippen LogP contribution in [0.1, 0.15) is 37.0 Å². The molecule has 0 fully saturated rings. The number of rotatable bonds is 13. The van der Waals surface area contributed by atoms with Gasteiger partial charge in [-0.3, -0.25) is 13.9 Å². The van der Waals surface area contributed by atoms with E-state index in [9.17, 15) is 22.4 Å². The molecule has 0 aliphatic carbocycles. The third kappa shape index (κ3) is 8.54. The van der Waals surface area contributed by atoms with E-state index in [1.165, 1.54) is 59.5 Å². The second-order valence-electron chi connectivity index (χ2n) is 10.9. The maximum Gasteiger partial charge on any atom is 0.264 e. The van der Waals surface area contributed by atoms with Gasteiger partial charge in [0.1, 0.15) is 24.2 Å². The van der Waals surface area contributed by atoms with Crippen molar-refractivity contribution in [1.29, 1.82) is 0 Å². The largest absolute Gasteiger partial charge is 0.352 e. The van der Waals surface area contributed by atoms with Crippen LogP contribution in [0.25, 0.3) is 0 Å². The molecule has 1 N–H and O–H groups in total. The summed E-state index contributed by atoms with van der Waals surface area (Å²) in [6.45, 7) is 4.65. The molecular weight excluding hydrogens is 596 g/mol. The summed E-state index contributed by atoms with van der Waals surface area (Å²) in [5.41, 5.74) is 1.82. The molecule has 10 heteroatoms. The van der Waals surface area contributed by atoms with Gasteiger partial charge in [-0.2, -0.15) is 0 Å². The van der Waals surface area contributed by atoms with Crippen LogP contribution in [0, 0.1) is 18.6 Å². The normalized spacial score (nSPS) is 12.6. The molecule has 4 rings (SSSR count). The molecule has 0 bridgehead atoms. The van der Waals surface area contributed by atoms with Gasteiger partial charge in [-0.25, -0.2) is 17.2 Å². The van der Waals surface area contributed by atoms with Crippen molar-refractivity contribution in [2.75, 3.05) is 10.8 Å². The Balaban J connectivity index is 1.81. The van der Waals surface area contributed by atoms with Crippen molar-refractivity contribution in [3.05, 3.63) is 131 Å². The van der Waals surface area contributed by atoms with Crippen LogP contribution in [0.3, 0.4) is 0 Å². The summed E-state index contributed by atoms with van der Waals surface area (Å²) in [6.07, 6.45) is 0.770. The molecule has 7 nitrogen and oxygen atoms in total. The number of nitrogens with zero attached hydrogens (tertiary/aromatic N) is 2. The molecule has 2 unspecified atom stereocenters. The van der Waals surface area contributed by atoms with E-state index in [1.54, 1.807) is 19.1 Å². The van der Waals surface area contributed by atoms with Crippen LogP contribution in [-0.2, 0) is 32.6 Å². The topological polar surface area (TPSA) is 86.8 Å². The first-order chi connectivity index (χ1) is 21.5. The first kappa shape index (κ1) is 33.3. The fourth-order valence-electron chi connectivity index (χ4n) is 4.79. The third-order valence-corrected chi connectivity index (χ3v) is 9.32. The summed E-state index contributed by atoms with van der Waals surface area (Å²) in [6, 6.07) is 24.7. The minimum absolute atomic E-state index is 0.121. The number of aryl methyl sites for hydroxylation is 1. The molecule has 4 aromatic rings. The molecule has 236 valence electrons. The molecule has 0 aliphatic heterocycles. The fourth-order valence-corrected chi connectivity index (χ4v) is 6.21. The SMILES string of the molecule is CCC(C)NC(=O)C(Cc1ccccc1)N(Cc1ccc(F)cc1)C(=O)CN(c1ccccc1F)S(=O)(=O)c1ccc(C)cc1. The van der Waals surface area contributed by atoms with Gasteiger partial charge in [0, 0.05) is 19.0 Å². The predicted octanol–water partition coefficient (Wildman–Crippen LogP) is 6.02. The highest BCUT2D eigenvalue weighted by molar-refractivity contribution is 7.92. The Morgan fingerprint density at radius 3 is 2.07 bits per heavy atom. The monoisotopic (exact) mass is 633 g/mol. The number of hydrogen-bond acceptors (Lipinski definition) is 4. The van der Waals surface area contributed by atoms with E-state index in [1.807, 2.05) is 44.2 Å². The average Bonchev–Trinajstić information content (AvgIpc) is 3.03. The zero-order chi connectivity index (χ0) is 32.6. The number of nitrogens with one attached hydrogen (secondary N) is 1. The lowest BCUT2D eigenvalue weighted by Crippen LogP contribution is -2.54. The van der Waals surface area contributed by atoms with E-state index < -0.39 is 46.1 Å². The number of carbonyl (C=O) groups is 2. The number of halogens is 2. The van der Waals surface area contributed by atoms with Gasteiger partial charge in [0.2, 0.25) is 11.8 Å². The molecule has 0 radical (unpaired) electrons. The van der Waals surface area contributed by atoms with Crippen molar-refractivity contribution in [3.8, 4) is 0 Å².